The van der Waals surface area contributed by atoms with Crippen LogP contribution in [0.3, 0.4) is 0 Å². The SMILES string of the molecule is CC1C(C(=O)O)CCN1c1ccccc1C(C)(C)C. The highest BCUT2D eigenvalue weighted by Gasteiger charge is 2.37. The van der Waals surface area contributed by atoms with Gasteiger partial charge in [0, 0.05) is 18.3 Å². The maximum absolute atomic E-state index is 11.2. The molecule has 0 spiro atoms. The van der Waals surface area contributed by atoms with Crippen molar-refractivity contribution in [3.05, 3.63) is 29.8 Å². The number of carboxylic acid groups (broad SMARTS) is 1. The molecule has 1 saturated heterocycles. The van der Waals surface area contributed by atoms with Crippen molar-refractivity contribution in [2.24, 2.45) is 5.92 Å². The molecule has 1 heterocycles. The van der Waals surface area contributed by atoms with Crippen molar-refractivity contribution in [2.45, 2.75) is 45.6 Å². The van der Waals surface area contributed by atoms with E-state index < -0.39 is 5.97 Å². The second-order valence-corrected chi connectivity index (χ2v) is 6.43. The van der Waals surface area contributed by atoms with Gasteiger partial charge in [0.25, 0.3) is 0 Å². The van der Waals surface area contributed by atoms with Crippen molar-refractivity contribution in [1.29, 1.82) is 0 Å². The summed E-state index contributed by atoms with van der Waals surface area (Å²) in [6.45, 7) is 9.43. The summed E-state index contributed by atoms with van der Waals surface area (Å²) in [7, 11) is 0. The third-order valence-corrected chi connectivity index (χ3v) is 4.09. The van der Waals surface area contributed by atoms with Gasteiger partial charge < -0.3 is 10.0 Å². The molecule has 0 amide bonds. The molecule has 2 unspecified atom stereocenters. The van der Waals surface area contributed by atoms with Gasteiger partial charge in [-0.05, 0) is 30.4 Å². The largest absolute Gasteiger partial charge is 0.481 e. The molecular formula is C16H23NO2. The fourth-order valence-electron chi connectivity index (χ4n) is 2.97. The molecule has 1 aliphatic heterocycles. The summed E-state index contributed by atoms with van der Waals surface area (Å²) in [5.74, 6) is -0.934. The van der Waals surface area contributed by atoms with Crippen LogP contribution in [-0.2, 0) is 10.2 Å². The molecular weight excluding hydrogens is 238 g/mol. The highest BCUT2D eigenvalue weighted by molar-refractivity contribution is 5.73. The molecule has 3 heteroatoms. The molecule has 19 heavy (non-hydrogen) atoms. The Morgan fingerprint density at radius 3 is 2.47 bits per heavy atom. The maximum atomic E-state index is 11.2. The number of anilines is 1. The van der Waals surface area contributed by atoms with Gasteiger partial charge in [-0.15, -0.1) is 0 Å². The number of hydrogen-bond donors (Lipinski definition) is 1. The van der Waals surface area contributed by atoms with E-state index in [9.17, 15) is 9.90 Å². The molecule has 1 aromatic rings. The maximum Gasteiger partial charge on any atom is 0.308 e. The van der Waals surface area contributed by atoms with E-state index in [0.717, 1.165) is 13.0 Å². The molecule has 0 radical (unpaired) electrons. The van der Waals surface area contributed by atoms with Crippen molar-refractivity contribution in [2.75, 3.05) is 11.4 Å². The number of nitrogens with zero attached hydrogens (tertiary/aromatic N) is 1. The first kappa shape index (κ1) is 13.9. The van der Waals surface area contributed by atoms with Crippen molar-refractivity contribution in [1.82, 2.24) is 0 Å². The number of benzene rings is 1. The molecule has 0 aliphatic carbocycles. The fourth-order valence-corrected chi connectivity index (χ4v) is 2.97. The van der Waals surface area contributed by atoms with Crippen LogP contribution in [0.5, 0.6) is 0 Å². The fraction of sp³-hybridized carbons (Fsp3) is 0.562. The van der Waals surface area contributed by atoms with E-state index in [-0.39, 0.29) is 17.4 Å². The second-order valence-electron chi connectivity index (χ2n) is 6.43. The first-order valence-corrected chi connectivity index (χ1v) is 6.91. The van der Waals surface area contributed by atoms with Crippen LogP contribution in [0.4, 0.5) is 5.69 Å². The zero-order valence-corrected chi connectivity index (χ0v) is 12.2. The van der Waals surface area contributed by atoms with Gasteiger partial charge in [-0.25, -0.2) is 0 Å². The summed E-state index contributed by atoms with van der Waals surface area (Å²) in [6, 6.07) is 8.41. The Morgan fingerprint density at radius 1 is 1.32 bits per heavy atom. The van der Waals surface area contributed by atoms with Gasteiger partial charge in [0.05, 0.1) is 5.92 Å². The lowest BCUT2D eigenvalue weighted by atomic mass is 9.85. The number of hydrogen-bond acceptors (Lipinski definition) is 2. The lowest BCUT2D eigenvalue weighted by Crippen LogP contribution is -2.34. The minimum Gasteiger partial charge on any atom is -0.481 e. The highest BCUT2D eigenvalue weighted by Crippen LogP contribution is 2.37. The average Bonchev–Trinajstić information content (AvgIpc) is 2.70. The van der Waals surface area contributed by atoms with E-state index in [0.29, 0.717) is 0 Å². The van der Waals surface area contributed by atoms with Crippen LogP contribution in [0.25, 0.3) is 0 Å². The summed E-state index contributed by atoms with van der Waals surface area (Å²) in [4.78, 5) is 13.5. The Labute approximate surface area is 115 Å². The van der Waals surface area contributed by atoms with Gasteiger partial charge in [-0.1, -0.05) is 39.0 Å². The normalized spacial score (nSPS) is 23.7. The van der Waals surface area contributed by atoms with Crippen LogP contribution in [0.2, 0.25) is 0 Å². The van der Waals surface area contributed by atoms with Crippen LogP contribution in [0, 0.1) is 5.92 Å². The van der Waals surface area contributed by atoms with E-state index in [4.69, 9.17) is 0 Å². The third kappa shape index (κ3) is 2.60. The number of carboxylic acids is 1. The third-order valence-electron chi connectivity index (χ3n) is 4.09. The topological polar surface area (TPSA) is 40.5 Å². The van der Waals surface area contributed by atoms with Gasteiger partial charge in [0.15, 0.2) is 0 Å². The molecule has 0 aromatic heterocycles. The Balaban J connectivity index is 2.36. The van der Waals surface area contributed by atoms with Gasteiger partial charge in [0.2, 0.25) is 0 Å². The Hall–Kier alpha value is -1.51. The Kier molecular flexibility index (Phi) is 3.57. The van der Waals surface area contributed by atoms with Crippen molar-refractivity contribution >= 4 is 11.7 Å². The van der Waals surface area contributed by atoms with Crippen LogP contribution in [0.15, 0.2) is 24.3 Å². The molecule has 104 valence electrons. The number of para-hydroxylation sites is 1. The molecule has 1 fully saturated rings. The summed E-state index contributed by atoms with van der Waals surface area (Å²) >= 11 is 0. The van der Waals surface area contributed by atoms with E-state index in [1.165, 1.54) is 11.3 Å². The van der Waals surface area contributed by atoms with Crippen molar-refractivity contribution < 1.29 is 9.90 Å². The minimum absolute atomic E-state index is 0.0565. The highest BCUT2D eigenvalue weighted by atomic mass is 16.4. The smallest absolute Gasteiger partial charge is 0.308 e. The van der Waals surface area contributed by atoms with Crippen LogP contribution >= 0.6 is 0 Å². The zero-order chi connectivity index (χ0) is 14.2. The van der Waals surface area contributed by atoms with Crippen molar-refractivity contribution in [3.63, 3.8) is 0 Å². The van der Waals surface area contributed by atoms with Crippen LogP contribution in [0.1, 0.15) is 39.7 Å². The minimum atomic E-state index is -0.678. The molecule has 1 N–H and O–H groups in total. The number of rotatable bonds is 2. The number of aliphatic carboxylic acids is 1. The molecule has 1 aliphatic rings. The average molecular weight is 261 g/mol. The van der Waals surface area contributed by atoms with Gasteiger partial charge in [-0.2, -0.15) is 0 Å². The van der Waals surface area contributed by atoms with E-state index >= 15 is 0 Å². The lowest BCUT2D eigenvalue weighted by molar-refractivity contribution is -0.141. The molecule has 2 rings (SSSR count). The first-order chi connectivity index (χ1) is 8.82. The van der Waals surface area contributed by atoms with Crippen LogP contribution in [-0.4, -0.2) is 23.7 Å². The zero-order valence-electron chi connectivity index (χ0n) is 12.2. The van der Waals surface area contributed by atoms with E-state index in [1.54, 1.807) is 0 Å². The van der Waals surface area contributed by atoms with Gasteiger partial charge >= 0.3 is 5.97 Å². The summed E-state index contributed by atoms with van der Waals surface area (Å²) in [5.41, 5.74) is 2.54. The Morgan fingerprint density at radius 2 is 1.95 bits per heavy atom. The summed E-state index contributed by atoms with van der Waals surface area (Å²) in [6.07, 6.45) is 0.731. The standard InChI is InChI=1S/C16H23NO2/c1-11-12(15(18)19)9-10-17(11)14-8-6-5-7-13(14)16(2,3)4/h5-8,11-12H,9-10H2,1-4H3,(H,18,19). The van der Waals surface area contributed by atoms with Gasteiger partial charge in [-0.3, -0.25) is 4.79 Å². The lowest BCUT2D eigenvalue weighted by Gasteiger charge is -2.32. The molecule has 1 aromatic carbocycles. The predicted molar refractivity (Wildman–Crippen MR) is 77.7 cm³/mol. The molecule has 3 nitrogen and oxygen atoms in total. The molecule has 0 bridgehead atoms. The predicted octanol–water partition coefficient (Wildman–Crippen LogP) is 3.28. The number of carbonyl (C=O) groups is 1. The van der Waals surface area contributed by atoms with Gasteiger partial charge in [0.1, 0.15) is 0 Å². The molecule has 0 saturated carbocycles. The molecule has 2 atom stereocenters. The van der Waals surface area contributed by atoms with Crippen molar-refractivity contribution in [3.8, 4) is 0 Å². The van der Waals surface area contributed by atoms with E-state index in [1.807, 2.05) is 13.0 Å². The quantitative estimate of drug-likeness (QED) is 0.888. The Bertz CT molecular complexity index is 476. The van der Waals surface area contributed by atoms with Crippen LogP contribution < -0.4 is 4.90 Å². The second kappa shape index (κ2) is 4.87. The monoisotopic (exact) mass is 261 g/mol. The summed E-state index contributed by atoms with van der Waals surface area (Å²) < 4.78 is 0. The first-order valence-electron chi connectivity index (χ1n) is 6.91. The summed E-state index contributed by atoms with van der Waals surface area (Å²) in [5, 5.41) is 9.25. The van der Waals surface area contributed by atoms with E-state index in [2.05, 4.69) is 43.9 Å².